The van der Waals surface area contributed by atoms with Gasteiger partial charge in [0.15, 0.2) is 5.03 Å². The molecule has 6 heteroatoms. The molecule has 0 radical (unpaired) electrons. The molecule has 20 heavy (non-hydrogen) atoms. The van der Waals surface area contributed by atoms with Crippen molar-refractivity contribution in [2.24, 2.45) is 5.92 Å². The van der Waals surface area contributed by atoms with Crippen molar-refractivity contribution >= 4 is 10.0 Å². The predicted molar refractivity (Wildman–Crippen MR) is 76.5 cm³/mol. The zero-order chi connectivity index (χ0) is 14.8. The molecule has 0 aromatic carbocycles. The molecule has 1 aliphatic carbocycles. The number of pyridine rings is 1. The maximum absolute atomic E-state index is 12.6. The van der Waals surface area contributed by atoms with Gasteiger partial charge in [0, 0.05) is 19.3 Å². The van der Waals surface area contributed by atoms with E-state index in [1.165, 1.54) is 23.0 Å². The van der Waals surface area contributed by atoms with E-state index in [2.05, 4.69) is 11.9 Å². The maximum Gasteiger partial charge on any atom is 0.260 e. The lowest BCUT2D eigenvalue weighted by Gasteiger charge is -2.35. The van der Waals surface area contributed by atoms with Crippen LogP contribution in [0.15, 0.2) is 23.4 Å². The summed E-state index contributed by atoms with van der Waals surface area (Å²) in [6, 6.07) is 3.11. The Morgan fingerprint density at radius 1 is 1.35 bits per heavy atom. The van der Waals surface area contributed by atoms with Gasteiger partial charge in [-0.2, -0.15) is 4.31 Å². The second-order valence-electron chi connectivity index (χ2n) is 5.51. The van der Waals surface area contributed by atoms with Crippen molar-refractivity contribution in [3.05, 3.63) is 23.9 Å². The zero-order valence-electron chi connectivity index (χ0n) is 12.0. The summed E-state index contributed by atoms with van der Waals surface area (Å²) in [6.45, 7) is 1.97. The molecule has 1 aromatic heterocycles. The molecule has 112 valence electrons. The predicted octanol–water partition coefficient (Wildman–Crippen LogP) is 1.77. The number of aromatic nitrogens is 1. The van der Waals surface area contributed by atoms with Gasteiger partial charge in [0.1, 0.15) is 0 Å². The molecule has 1 heterocycles. The Labute approximate surface area is 120 Å². The van der Waals surface area contributed by atoms with E-state index in [9.17, 15) is 8.42 Å². The summed E-state index contributed by atoms with van der Waals surface area (Å²) >= 11 is 0. The Bertz CT molecular complexity index is 542. The first kappa shape index (κ1) is 15.4. The van der Waals surface area contributed by atoms with Crippen molar-refractivity contribution in [1.29, 1.82) is 0 Å². The van der Waals surface area contributed by atoms with Crippen LogP contribution >= 0.6 is 0 Å². The van der Waals surface area contributed by atoms with Crippen LogP contribution in [0.1, 0.15) is 38.2 Å². The van der Waals surface area contributed by atoms with E-state index in [-0.39, 0.29) is 17.7 Å². The third-order valence-electron chi connectivity index (χ3n) is 4.16. The summed E-state index contributed by atoms with van der Waals surface area (Å²) in [7, 11) is -1.91. The highest BCUT2D eigenvalue weighted by molar-refractivity contribution is 7.89. The van der Waals surface area contributed by atoms with Crippen LogP contribution in [0, 0.1) is 5.92 Å². The molecule has 5 nitrogen and oxygen atoms in total. The Morgan fingerprint density at radius 3 is 2.60 bits per heavy atom. The Kier molecular flexibility index (Phi) is 4.78. The first-order valence-corrected chi connectivity index (χ1v) is 8.44. The normalized spacial score (nSPS) is 24.0. The molecule has 0 bridgehead atoms. The molecule has 0 amide bonds. The first-order valence-electron chi connectivity index (χ1n) is 7.00. The smallest absolute Gasteiger partial charge is 0.260 e. The quantitative estimate of drug-likeness (QED) is 0.919. The number of hydrogen-bond acceptors (Lipinski definition) is 4. The maximum atomic E-state index is 12.6. The summed E-state index contributed by atoms with van der Waals surface area (Å²) < 4.78 is 26.6. The molecule has 1 aromatic rings. The van der Waals surface area contributed by atoms with E-state index in [4.69, 9.17) is 5.11 Å². The minimum absolute atomic E-state index is 0.0491. The van der Waals surface area contributed by atoms with E-state index in [1.807, 2.05) is 0 Å². The number of hydrogen-bond donors (Lipinski definition) is 1. The number of aliphatic hydroxyl groups excluding tert-OH is 1. The fraction of sp³-hybridized carbons (Fsp3) is 0.643. The first-order chi connectivity index (χ1) is 9.46. The van der Waals surface area contributed by atoms with Crippen LogP contribution in [0.25, 0.3) is 0 Å². The molecular formula is C14H22N2O3S. The molecular weight excluding hydrogens is 276 g/mol. The van der Waals surface area contributed by atoms with Crippen LogP contribution in [-0.2, 0) is 16.6 Å². The molecule has 1 saturated carbocycles. The van der Waals surface area contributed by atoms with Crippen LogP contribution in [-0.4, -0.2) is 35.9 Å². The minimum atomic E-state index is -3.56. The van der Waals surface area contributed by atoms with Gasteiger partial charge in [0.2, 0.25) is 0 Å². The zero-order valence-corrected chi connectivity index (χ0v) is 12.8. The summed E-state index contributed by atoms with van der Waals surface area (Å²) in [4.78, 5) is 3.97. The molecule has 1 aliphatic rings. The van der Waals surface area contributed by atoms with E-state index < -0.39 is 10.0 Å². The fourth-order valence-corrected chi connectivity index (χ4v) is 4.21. The summed E-state index contributed by atoms with van der Waals surface area (Å²) in [5.74, 6) is 0.375. The van der Waals surface area contributed by atoms with E-state index in [1.54, 1.807) is 13.1 Å². The highest BCUT2D eigenvalue weighted by atomic mass is 32.2. The van der Waals surface area contributed by atoms with Gasteiger partial charge < -0.3 is 5.11 Å². The fourth-order valence-electron chi connectivity index (χ4n) is 2.82. The van der Waals surface area contributed by atoms with Gasteiger partial charge >= 0.3 is 0 Å². The van der Waals surface area contributed by atoms with Gasteiger partial charge in [0.25, 0.3) is 10.0 Å². The van der Waals surface area contributed by atoms with Gasteiger partial charge in [-0.3, -0.25) is 0 Å². The highest BCUT2D eigenvalue weighted by Crippen LogP contribution is 2.30. The van der Waals surface area contributed by atoms with Crippen molar-refractivity contribution in [3.63, 3.8) is 0 Å². The van der Waals surface area contributed by atoms with Gasteiger partial charge in [-0.25, -0.2) is 13.4 Å². The van der Waals surface area contributed by atoms with E-state index >= 15 is 0 Å². The second-order valence-corrected chi connectivity index (χ2v) is 7.46. The van der Waals surface area contributed by atoms with Gasteiger partial charge in [-0.15, -0.1) is 0 Å². The number of aliphatic hydroxyl groups is 1. The van der Waals surface area contributed by atoms with E-state index in [0.29, 0.717) is 11.5 Å². The minimum Gasteiger partial charge on any atom is -0.392 e. The number of nitrogens with zero attached hydrogens (tertiary/aromatic N) is 2. The summed E-state index contributed by atoms with van der Waals surface area (Å²) in [6.07, 6.45) is 5.64. The Balaban J connectivity index is 2.23. The largest absolute Gasteiger partial charge is 0.392 e. The van der Waals surface area contributed by atoms with Gasteiger partial charge in [0.05, 0.1) is 6.61 Å². The summed E-state index contributed by atoms with van der Waals surface area (Å²) in [5.41, 5.74) is 0.609. The van der Waals surface area contributed by atoms with Crippen molar-refractivity contribution < 1.29 is 13.5 Å². The van der Waals surface area contributed by atoms with Crippen LogP contribution < -0.4 is 0 Å². The lowest BCUT2D eigenvalue weighted by atomic mass is 9.86. The lowest BCUT2D eigenvalue weighted by Crippen LogP contribution is -2.42. The Morgan fingerprint density at radius 2 is 2.05 bits per heavy atom. The molecule has 2 unspecified atom stereocenters. The molecule has 1 N–H and O–H groups in total. The summed E-state index contributed by atoms with van der Waals surface area (Å²) in [5, 5.41) is 9.03. The van der Waals surface area contributed by atoms with E-state index in [0.717, 1.165) is 19.3 Å². The molecule has 0 saturated heterocycles. The van der Waals surface area contributed by atoms with Crippen LogP contribution in [0.5, 0.6) is 0 Å². The van der Waals surface area contributed by atoms with Crippen molar-refractivity contribution in [1.82, 2.24) is 9.29 Å². The van der Waals surface area contributed by atoms with Gasteiger partial charge in [-0.05, 0) is 30.4 Å². The van der Waals surface area contributed by atoms with Gasteiger partial charge in [-0.1, -0.05) is 25.8 Å². The highest BCUT2D eigenvalue weighted by Gasteiger charge is 2.33. The molecule has 2 rings (SSSR count). The second kappa shape index (κ2) is 6.20. The van der Waals surface area contributed by atoms with Crippen LogP contribution in [0.2, 0.25) is 0 Å². The van der Waals surface area contributed by atoms with Crippen molar-refractivity contribution in [2.75, 3.05) is 7.05 Å². The topological polar surface area (TPSA) is 70.5 Å². The molecule has 1 fully saturated rings. The number of rotatable bonds is 4. The third-order valence-corrected chi connectivity index (χ3v) is 5.96. The average molecular weight is 298 g/mol. The molecule has 0 aliphatic heterocycles. The standard InChI is InChI=1S/C14H22N2O3S/c1-11-5-3-4-6-13(11)16(2)20(18,19)14-8-7-12(10-17)9-15-14/h7-9,11,13,17H,3-6,10H2,1-2H3. The Hall–Kier alpha value is -0.980. The lowest BCUT2D eigenvalue weighted by molar-refractivity contribution is 0.213. The van der Waals surface area contributed by atoms with Crippen molar-refractivity contribution in [2.45, 2.75) is 50.3 Å². The van der Waals surface area contributed by atoms with Crippen molar-refractivity contribution in [3.8, 4) is 0 Å². The average Bonchev–Trinajstić information content (AvgIpc) is 2.47. The monoisotopic (exact) mass is 298 g/mol. The molecule has 0 spiro atoms. The van der Waals surface area contributed by atoms with Crippen LogP contribution in [0.3, 0.4) is 0 Å². The van der Waals surface area contributed by atoms with Crippen LogP contribution in [0.4, 0.5) is 0 Å². The third kappa shape index (κ3) is 3.02. The number of sulfonamides is 1. The molecule has 2 atom stereocenters. The SMILES string of the molecule is CC1CCCCC1N(C)S(=O)(=O)c1ccc(CO)cn1.